The third-order valence-electron chi connectivity index (χ3n) is 5.74. The molecule has 3 fully saturated rings. The van der Waals surface area contributed by atoms with E-state index in [0.717, 1.165) is 31.0 Å². The number of nitrogens with zero attached hydrogens (tertiary/aromatic N) is 3. The molecule has 3 rings (SSSR count). The molecular formula is C19H34N4O2S. The monoisotopic (exact) mass is 382 g/mol. The molecule has 148 valence electrons. The highest BCUT2D eigenvalue weighted by atomic mass is 32.2. The molecule has 2 unspecified atom stereocenters. The van der Waals surface area contributed by atoms with E-state index < -0.39 is 9.84 Å². The van der Waals surface area contributed by atoms with Crippen LogP contribution in [0.1, 0.15) is 39.0 Å². The van der Waals surface area contributed by atoms with Crippen molar-refractivity contribution in [3.05, 3.63) is 12.2 Å². The zero-order valence-corrected chi connectivity index (χ0v) is 16.9. The molecule has 6 nitrogen and oxygen atoms in total. The van der Waals surface area contributed by atoms with Crippen molar-refractivity contribution in [1.82, 2.24) is 15.1 Å². The zero-order chi connectivity index (χ0) is 18.6. The van der Waals surface area contributed by atoms with Crippen LogP contribution in [0.15, 0.2) is 17.1 Å². The summed E-state index contributed by atoms with van der Waals surface area (Å²) in [6.45, 7) is 11.8. The van der Waals surface area contributed by atoms with Crippen LogP contribution in [0.3, 0.4) is 0 Å². The van der Waals surface area contributed by atoms with Crippen molar-refractivity contribution in [2.45, 2.75) is 45.1 Å². The molecule has 0 aromatic rings. The van der Waals surface area contributed by atoms with Crippen molar-refractivity contribution in [2.75, 3.05) is 50.8 Å². The molecule has 1 N–H and O–H groups in total. The molecule has 3 heterocycles. The number of hydrogen-bond acceptors (Lipinski definition) is 4. The Morgan fingerprint density at radius 2 is 1.96 bits per heavy atom. The summed E-state index contributed by atoms with van der Waals surface area (Å²) in [7, 11) is -2.83. The molecule has 3 aliphatic heterocycles. The lowest BCUT2D eigenvalue weighted by atomic mass is 10.1. The van der Waals surface area contributed by atoms with E-state index in [4.69, 9.17) is 4.99 Å². The van der Waals surface area contributed by atoms with Gasteiger partial charge < -0.3 is 10.2 Å². The fourth-order valence-corrected chi connectivity index (χ4v) is 6.12. The van der Waals surface area contributed by atoms with Gasteiger partial charge in [0.2, 0.25) is 0 Å². The third kappa shape index (κ3) is 5.46. The van der Waals surface area contributed by atoms with Gasteiger partial charge in [0.1, 0.15) is 0 Å². The summed E-state index contributed by atoms with van der Waals surface area (Å²) in [5.74, 6) is 1.77. The zero-order valence-electron chi connectivity index (χ0n) is 16.1. The van der Waals surface area contributed by atoms with Crippen molar-refractivity contribution in [3.8, 4) is 0 Å². The number of nitrogens with one attached hydrogen (secondary N) is 1. The Hall–Kier alpha value is -1.08. The first-order valence-corrected chi connectivity index (χ1v) is 11.9. The highest BCUT2D eigenvalue weighted by molar-refractivity contribution is 7.91. The summed E-state index contributed by atoms with van der Waals surface area (Å²) in [5.41, 5.74) is 1.04. The van der Waals surface area contributed by atoms with Gasteiger partial charge in [0, 0.05) is 25.7 Å². The predicted molar refractivity (Wildman–Crippen MR) is 107 cm³/mol. The van der Waals surface area contributed by atoms with Crippen LogP contribution >= 0.6 is 0 Å². The van der Waals surface area contributed by atoms with Crippen molar-refractivity contribution in [2.24, 2.45) is 10.9 Å². The molecule has 3 aliphatic rings. The Balaban J connectivity index is 1.57. The van der Waals surface area contributed by atoms with Crippen LogP contribution in [-0.2, 0) is 9.84 Å². The molecule has 0 aromatic carbocycles. The van der Waals surface area contributed by atoms with E-state index in [-0.39, 0.29) is 5.92 Å². The maximum atomic E-state index is 11.7. The molecular weight excluding hydrogens is 348 g/mol. The van der Waals surface area contributed by atoms with Crippen LogP contribution in [-0.4, -0.2) is 81.0 Å². The highest BCUT2D eigenvalue weighted by Crippen LogP contribution is 2.21. The van der Waals surface area contributed by atoms with E-state index in [2.05, 4.69) is 21.7 Å². The molecule has 3 saturated heterocycles. The molecule has 0 spiro atoms. The molecule has 0 radical (unpaired) electrons. The topological polar surface area (TPSA) is 65.0 Å². The number of hydrogen-bond donors (Lipinski definition) is 1. The van der Waals surface area contributed by atoms with Crippen LogP contribution < -0.4 is 5.32 Å². The van der Waals surface area contributed by atoms with Crippen molar-refractivity contribution >= 4 is 15.8 Å². The number of sulfone groups is 1. The second-order valence-corrected chi connectivity index (χ2v) is 10.5. The fourth-order valence-electron chi connectivity index (χ4n) is 4.26. The first kappa shape index (κ1) is 19.7. The Morgan fingerprint density at radius 1 is 1.19 bits per heavy atom. The SMILES string of the molecule is C=C(C)CN=C(NCC1CCS(=O)(=O)C1)N1CCC(N2CCCCC2)C1. The normalized spacial score (nSPS) is 29.9. The minimum atomic E-state index is -2.83. The van der Waals surface area contributed by atoms with Gasteiger partial charge in [0.15, 0.2) is 15.8 Å². The first-order chi connectivity index (χ1) is 12.4. The molecule has 0 amide bonds. The second-order valence-electron chi connectivity index (χ2n) is 8.23. The maximum absolute atomic E-state index is 11.7. The lowest BCUT2D eigenvalue weighted by Crippen LogP contribution is -2.45. The van der Waals surface area contributed by atoms with Crippen LogP contribution in [0.4, 0.5) is 0 Å². The van der Waals surface area contributed by atoms with Crippen LogP contribution in [0.5, 0.6) is 0 Å². The smallest absolute Gasteiger partial charge is 0.194 e. The largest absolute Gasteiger partial charge is 0.356 e. The van der Waals surface area contributed by atoms with Gasteiger partial charge in [-0.3, -0.25) is 4.90 Å². The average molecular weight is 383 g/mol. The Kier molecular flexibility index (Phi) is 6.61. The molecule has 7 heteroatoms. The quantitative estimate of drug-likeness (QED) is 0.443. The Labute approximate surface area is 158 Å². The molecule has 0 aromatic heterocycles. The standard InChI is InChI=1S/C19H34N4O2S/c1-16(2)12-20-19(21-13-17-7-11-26(24,25)15-17)23-10-6-18(14-23)22-8-4-3-5-9-22/h17-18H,1,3-15H2,2H3,(H,20,21). The number of rotatable bonds is 5. The van der Waals surface area contributed by atoms with Crippen LogP contribution in [0.25, 0.3) is 0 Å². The van der Waals surface area contributed by atoms with E-state index in [1.54, 1.807) is 0 Å². The molecule has 26 heavy (non-hydrogen) atoms. The minimum Gasteiger partial charge on any atom is -0.356 e. The van der Waals surface area contributed by atoms with Gasteiger partial charge in [-0.1, -0.05) is 18.6 Å². The van der Waals surface area contributed by atoms with Gasteiger partial charge in [-0.05, 0) is 51.6 Å². The maximum Gasteiger partial charge on any atom is 0.194 e. The third-order valence-corrected chi connectivity index (χ3v) is 7.58. The van der Waals surface area contributed by atoms with Gasteiger partial charge in [-0.15, -0.1) is 0 Å². The lowest BCUT2D eigenvalue weighted by Gasteiger charge is -2.32. The summed E-state index contributed by atoms with van der Waals surface area (Å²) in [6.07, 6.45) is 5.96. The average Bonchev–Trinajstić information content (AvgIpc) is 3.22. The number of likely N-dealkylation sites (tertiary alicyclic amines) is 2. The minimum absolute atomic E-state index is 0.204. The van der Waals surface area contributed by atoms with Gasteiger partial charge in [0.25, 0.3) is 0 Å². The van der Waals surface area contributed by atoms with Gasteiger partial charge in [-0.2, -0.15) is 0 Å². The van der Waals surface area contributed by atoms with E-state index in [1.165, 1.54) is 38.8 Å². The van der Waals surface area contributed by atoms with Gasteiger partial charge >= 0.3 is 0 Å². The number of piperidine rings is 1. The lowest BCUT2D eigenvalue weighted by molar-refractivity contribution is 0.168. The first-order valence-electron chi connectivity index (χ1n) is 10.0. The van der Waals surface area contributed by atoms with Gasteiger partial charge in [-0.25, -0.2) is 13.4 Å². The van der Waals surface area contributed by atoms with Crippen molar-refractivity contribution in [3.63, 3.8) is 0 Å². The fraction of sp³-hybridized carbons (Fsp3) is 0.842. The van der Waals surface area contributed by atoms with Gasteiger partial charge in [0.05, 0.1) is 18.1 Å². The Morgan fingerprint density at radius 3 is 2.62 bits per heavy atom. The van der Waals surface area contributed by atoms with E-state index in [1.807, 2.05) is 6.92 Å². The van der Waals surface area contributed by atoms with E-state index in [9.17, 15) is 8.42 Å². The summed E-state index contributed by atoms with van der Waals surface area (Å²) >= 11 is 0. The summed E-state index contributed by atoms with van der Waals surface area (Å²) in [4.78, 5) is 9.74. The Bertz CT molecular complexity index is 625. The molecule has 0 bridgehead atoms. The number of guanidine groups is 1. The van der Waals surface area contributed by atoms with Crippen LogP contribution in [0, 0.1) is 5.92 Å². The second kappa shape index (κ2) is 8.74. The van der Waals surface area contributed by atoms with E-state index in [0.29, 0.717) is 30.6 Å². The highest BCUT2D eigenvalue weighted by Gasteiger charge is 2.31. The van der Waals surface area contributed by atoms with Crippen molar-refractivity contribution in [1.29, 1.82) is 0 Å². The molecule has 2 atom stereocenters. The van der Waals surface area contributed by atoms with Crippen molar-refractivity contribution < 1.29 is 8.42 Å². The molecule has 0 aliphatic carbocycles. The summed E-state index contributed by atoms with van der Waals surface area (Å²) in [5, 5.41) is 3.47. The van der Waals surface area contributed by atoms with E-state index >= 15 is 0 Å². The summed E-state index contributed by atoms with van der Waals surface area (Å²) < 4.78 is 23.4. The predicted octanol–water partition coefficient (Wildman–Crippen LogP) is 1.50. The number of aliphatic imine (C=N–C) groups is 1. The summed E-state index contributed by atoms with van der Waals surface area (Å²) in [6, 6.07) is 0.624. The van der Waals surface area contributed by atoms with Crippen LogP contribution in [0.2, 0.25) is 0 Å². The molecule has 0 saturated carbocycles.